The minimum absolute atomic E-state index is 0.669. The number of benzene rings is 1. The van der Waals surface area contributed by atoms with Gasteiger partial charge in [-0.05, 0) is 49.7 Å². The van der Waals surface area contributed by atoms with E-state index in [1.54, 1.807) is 6.26 Å². The Morgan fingerprint density at radius 3 is 2.60 bits per heavy atom. The quantitative estimate of drug-likeness (QED) is 0.640. The van der Waals surface area contributed by atoms with Gasteiger partial charge in [-0.25, -0.2) is 0 Å². The summed E-state index contributed by atoms with van der Waals surface area (Å²) in [6.45, 7) is 5.50. The van der Waals surface area contributed by atoms with Crippen molar-refractivity contribution in [2.24, 2.45) is 4.99 Å². The van der Waals surface area contributed by atoms with Crippen molar-refractivity contribution in [3.05, 3.63) is 48.4 Å². The Hall–Kier alpha value is -2.23. The van der Waals surface area contributed by atoms with E-state index in [2.05, 4.69) is 17.2 Å². The molecule has 0 unspecified atom stereocenters. The van der Waals surface area contributed by atoms with Crippen LogP contribution in [0.2, 0.25) is 0 Å². The fraction of sp³-hybridized carbons (Fsp3) is 0.312. The lowest BCUT2D eigenvalue weighted by Gasteiger charge is -2.09. The van der Waals surface area contributed by atoms with Crippen molar-refractivity contribution < 1.29 is 9.15 Å². The molecule has 4 heteroatoms. The summed E-state index contributed by atoms with van der Waals surface area (Å²) in [4.78, 5) is 4.52. The minimum Gasteiger partial charge on any atom is -0.494 e. The van der Waals surface area contributed by atoms with Crippen LogP contribution in [0.3, 0.4) is 0 Å². The van der Waals surface area contributed by atoms with E-state index in [0.717, 1.165) is 36.0 Å². The van der Waals surface area contributed by atoms with Gasteiger partial charge in [0, 0.05) is 12.2 Å². The highest BCUT2D eigenvalue weighted by molar-refractivity contribution is 6.06. The van der Waals surface area contributed by atoms with Gasteiger partial charge in [0.15, 0.2) is 11.6 Å². The maximum absolute atomic E-state index is 5.43. The second-order valence-corrected chi connectivity index (χ2v) is 4.29. The van der Waals surface area contributed by atoms with Gasteiger partial charge in [0.1, 0.15) is 5.75 Å². The van der Waals surface area contributed by atoms with Gasteiger partial charge < -0.3 is 14.5 Å². The van der Waals surface area contributed by atoms with Gasteiger partial charge in [0.2, 0.25) is 0 Å². The first-order valence-electron chi connectivity index (χ1n) is 6.91. The Bertz CT molecular complexity index is 530. The van der Waals surface area contributed by atoms with Crippen LogP contribution in [0.25, 0.3) is 0 Å². The summed E-state index contributed by atoms with van der Waals surface area (Å²) in [5.41, 5.74) is 0.958. The van der Waals surface area contributed by atoms with Crippen molar-refractivity contribution in [1.29, 1.82) is 0 Å². The number of hydrogen-bond donors (Lipinski definition) is 1. The van der Waals surface area contributed by atoms with Gasteiger partial charge >= 0.3 is 0 Å². The van der Waals surface area contributed by atoms with E-state index in [9.17, 15) is 0 Å². The third-order valence-electron chi connectivity index (χ3n) is 2.68. The molecule has 20 heavy (non-hydrogen) atoms. The van der Waals surface area contributed by atoms with Gasteiger partial charge in [-0.2, -0.15) is 0 Å². The molecule has 0 radical (unpaired) electrons. The number of anilines is 1. The molecule has 1 aromatic heterocycles. The van der Waals surface area contributed by atoms with Crippen LogP contribution in [0.15, 0.2) is 52.1 Å². The molecule has 0 aliphatic heterocycles. The summed E-state index contributed by atoms with van der Waals surface area (Å²) >= 11 is 0. The molecule has 1 aromatic carbocycles. The van der Waals surface area contributed by atoms with Gasteiger partial charge in [-0.15, -0.1) is 0 Å². The summed E-state index contributed by atoms with van der Waals surface area (Å²) in [6, 6.07) is 11.6. The molecule has 0 amide bonds. The molecular weight excluding hydrogens is 252 g/mol. The molecule has 0 saturated carbocycles. The lowest BCUT2D eigenvalue weighted by atomic mass is 10.3. The smallest absolute Gasteiger partial charge is 0.169 e. The molecule has 1 heterocycles. The maximum atomic E-state index is 5.43. The number of nitrogens with one attached hydrogen (secondary N) is 1. The summed E-state index contributed by atoms with van der Waals surface area (Å²) in [5.74, 6) is 2.36. The number of rotatable bonds is 6. The van der Waals surface area contributed by atoms with Crippen LogP contribution < -0.4 is 10.1 Å². The Labute approximate surface area is 119 Å². The highest BCUT2D eigenvalue weighted by Crippen LogP contribution is 2.17. The number of amidine groups is 1. The lowest BCUT2D eigenvalue weighted by Crippen LogP contribution is -2.13. The molecule has 0 fully saturated rings. The normalized spacial score (nSPS) is 11.4. The highest BCUT2D eigenvalue weighted by atomic mass is 16.5. The van der Waals surface area contributed by atoms with E-state index in [1.165, 1.54) is 0 Å². The third kappa shape index (κ3) is 3.88. The van der Waals surface area contributed by atoms with Gasteiger partial charge in [0.05, 0.1) is 12.9 Å². The van der Waals surface area contributed by atoms with E-state index in [-0.39, 0.29) is 0 Å². The molecule has 0 aliphatic rings. The number of hydrogen-bond acceptors (Lipinski definition) is 3. The monoisotopic (exact) mass is 272 g/mol. The molecule has 0 aliphatic carbocycles. The topological polar surface area (TPSA) is 46.8 Å². The molecule has 2 rings (SSSR count). The number of nitrogens with zero attached hydrogens (tertiary/aromatic N) is 1. The van der Waals surface area contributed by atoms with Crippen molar-refractivity contribution >= 4 is 11.5 Å². The lowest BCUT2D eigenvalue weighted by molar-refractivity contribution is 0.340. The van der Waals surface area contributed by atoms with Crippen LogP contribution in [-0.4, -0.2) is 19.0 Å². The van der Waals surface area contributed by atoms with Crippen LogP contribution in [0.1, 0.15) is 26.0 Å². The predicted octanol–water partition coefficient (Wildman–Crippen LogP) is 3.95. The first-order chi connectivity index (χ1) is 9.83. The number of ether oxygens (including phenoxy) is 1. The van der Waals surface area contributed by atoms with E-state index in [1.807, 2.05) is 43.3 Å². The fourth-order valence-electron chi connectivity index (χ4n) is 1.75. The first kappa shape index (κ1) is 14.2. The Morgan fingerprint density at radius 1 is 1.20 bits per heavy atom. The summed E-state index contributed by atoms with van der Waals surface area (Å²) in [5, 5.41) is 3.29. The van der Waals surface area contributed by atoms with Crippen molar-refractivity contribution in [3.63, 3.8) is 0 Å². The molecule has 1 N–H and O–H groups in total. The van der Waals surface area contributed by atoms with Crippen LogP contribution in [0.5, 0.6) is 5.75 Å². The van der Waals surface area contributed by atoms with Gasteiger partial charge in [0.25, 0.3) is 0 Å². The second-order valence-electron chi connectivity index (χ2n) is 4.29. The molecule has 0 bridgehead atoms. The predicted molar refractivity (Wildman–Crippen MR) is 81.6 cm³/mol. The van der Waals surface area contributed by atoms with E-state index < -0.39 is 0 Å². The van der Waals surface area contributed by atoms with Crippen molar-refractivity contribution in [2.75, 3.05) is 18.5 Å². The van der Waals surface area contributed by atoms with Gasteiger partial charge in [-0.3, -0.25) is 4.99 Å². The summed E-state index contributed by atoms with van der Waals surface area (Å²) < 4.78 is 10.8. The average molecular weight is 272 g/mol. The SMILES string of the molecule is CCCN=C(Nc1ccc(OCC)cc1)c1ccco1. The molecule has 2 aromatic rings. The van der Waals surface area contributed by atoms with Crippen LogP contribution in [0.4, 0.5) is 5.69 Å². The maximum Gasteiger partial charge on any atom is 0.169 e. The standard InChI is InChI=1S/C16H20N2O2/c1-3-11-17-16(15-6-5-12-20-15)18-13-7-9-14(10-8-13)19-4-2/h5-10,12H,3-4,11H2,1-2H3,(H,17,18). The average Bonchev–Trinajstić information content (AvgIpc) is 3.00. The number of aliphatic imine (C=N–C) groups is 1. The van der Waals surface area contributed by atoms with Crippen molar-refractivity contribution in [1.82, 2.24) is 0 Å². The van der Waals surface area contributed by atoms with Gasteiger partial charge in [-0.1, -0.05) is 6.92 Å². The van der Waals surface area contributed by atoms with Crippen LogP contribution >= 0.6 is 0 Å². The fourth-order valence-corrected chi connectivity index (χ4v) is 1.75. The zero-order valence-corrected chi connectivity index (χ0v) is 11.9. The van der Waals surface area contributed by atoms with E-state index in [0.29, 0.717) is 6.61 Å². The molecule has 106 valence electrons. The van der Waals surface area contributed by atoms with Crippen LogP contribution in [-0.2, 0) is 0 Å². The molecule has 4 nitrogen and oxygen atoms in total. The third-order valence-corrected chi connectivity index (χ3v) is 2.68. The minimum atomic E-state index is 0.669. The second kappa shape index (κ2) is 7.38. The Balaban J connectivity index is 2.11. The van der Waals surface area contributed by atoms with Crippen molar-refractivity contribution in [2.45, 2.75) is 20.3 Å². The Kier molecular flexibility index (Phi) is 5.24. The largest absolute Gasteiger partial charge is 0.494 e. The number of furan rings is 1. The highest BCUT2D eigenvalue weighted by Gasteiger charge is 2.06. The Morgan fingerprint density at radius 2 is 2.00 bits per heavy atom. The molecule has 0 atom stereocenters. The van der Waals surface area contributed by atoms with Crippen LogP contribution in [0, 0.1) is 0 Å². The van der Waals surface area contributed by atoms with E-state index >= 15 is 0 Å². The summed E-state index contributed by atoms with van der Waals surface area (Å²) in [7, 11) is 0. The van der Waals surface area contributed by atoms with Crippen molar-refractivity contribution in [3.8, 4) is 5.75 Å². The molecular formula is C16H20N2O2. The zero-order valence-electron chi connectivity index (χ0n) is 11.9. The first-order valence-corrected chi connectivity index (χ1v) is 6.91. The molecule has 0 saturated heterocycles. The zero-order chi connectivity index (χ0) is 14.2. The van der Waals surface area contributed by atoms with E-state index in [4.69, 9.17) is 9.15 Å². The summed E-state index contributed by atoms with van der Waals surface area (Å²) in [6.07, 6.45) is 2.64. The molecule has 0 spiro atoms.